The van der Waals surface area contributed by atoms with Crippen molar-refractivity contribution in [3.05, 3.63) is 0 Å². The Bertz CT molecular complexity index is 153. The van der Waals surface area contributed by atoms with Crippen molar-refractivity contribution in [2.45, 2.75) is 25.7 Å². The van der Waals surface area contributed by atoms with E-state index in [2.05, 4.69) is 5.48 Å². The molecule has 0 aromatic rings. The van der Waals surface area contributed by atoms with Gasteiger partial charge in [0, 0.05) is 7.11 Å². The summed E-state index contributed by atoms with van der Waals surface area (Å²) >= 11 is 0. The summed E-state index contributed by atoms with van der Waals surface area (Å²) < 4.78 is 15.7. The van der Waals surface area contributed by atoms with Crippen molar-refractivity contribution in [3.8, 4) is 0 Å². The van der Waals surface area contributed by atoms with Crippen LogP contribution in [0.4, 0.5) is 0 Å². The van der Waals surface area contributed by atoms with Crippen molar-refractivity contribution in [2.75, 3.05) is 33.5 Å². The Morgan fingerprint density at radius 2 is 1.93 bits per heavy atom. The van der Waals surface area contributed by atoms with Crippen LogP contribution in [0.3, 0.4) is 0 Å². The third-order valence-corrected chi connectivity index (χ3v) is 1.90. The molecule has 0 amide bonds. The summed E-state index contributed by atoms with van der Waals surface area (Å²) in [5.74, 6) is -0.468. The molecule has 5 heteroatoms. The minimum Gasteiger partial charge on any atom is -0.382 e. The van der Waals surface area contributed by atoms with Gasteiger partial charge in [-0.15, -0.1) is 0 Å². The van der Waals surface area contributed by atoms with Crippen LogP contribution in [-0.4, -0.2) is 45.4 Å². The van der Waals surface area contributed by atoms with Crippen LogP contribution in [0.25, 0.3) is 0 Å². The predicted octanol–water partition coefficient (Wildman–Crippen LogP) is 0.305. The summed E-state index contributed by atoms with van der Waals surface area (Å²) in [4.78, 5) is 5.15. The Labute approximate surface area is 84.6 Å². The van der Waals surface area contributed by atoms with Gasteiger partial charge in [0.2, 0.25) is 0 Å². The van der Waals surface area contributed by atoms with Crippen molar-refractivity contribution < 1.29 is 19.0 Å². The highest BCUT2D eigenvalue weighted by atomic mass is 16.7. The number of hydrogen-bond donors (Lipinski definition) is 1. The first-order valence-electron chi connectivity index (χ1n) is 4.78. The highest BCUT2D eigenvalue weighted by Crippen LogP contribution is 2.16. The van der Waals surface area contributed by atoms with E-state index >= 15 is 0 Å². The lowest BCUT2D eigenvalue weighted by Crippen LogP contribution is -2.48. The number of nitrogens with one attached hydrogen (secondary N) is 1. The topological polar surface area (TPSA) is 49.0 Å². The molecule has 1 heterocycles. The Hall–Kier alpha value is -0.200. The summed E-state index contributed by atoms with van der Waals surface area (Å²) in [5, 5.41) is 0. The van der Waals surface area contributed by atoms with E-state index in [1.807, 2.05) is 13.8 Å². The molecule has 0 bridgehead atoms. The second kappa shape index (κ2) is 5.63. The summed E-state index contributed by atoms with van der Waals surface area (Å²) in [6.45, 7) is 6.09. The number of ether oxygens (including phenoxy) is 3. The van der Waals surface area contributed by atoms with Crippen LogP contribution in [0.2, 0.25) is 0 Å². The van der Waals surface area contributed by atoms with Crippen molar-refractivity contribution >= 4 is 0 Å². The minimum atomic E-state index is -0.468. The first-order valence-corrected chi connectivity index (χ1v) is 4.78. The molecule has 1 saturated heterocycles. The van der Waals surface area contributed by atoms with Gasteiger partial charge in [0.15, 0.2) is 5.79 Å². The van der Waals surface area contributed by atoms with E-state index < -0.39 is 5.79 Å². The van der Waals surface area contributed by atoms with Crippen LogP contribution in [0.5, 0.6) is 0 Å². The number of rotatable bonds is 5. The fraction of sp³-hybridized carbons (Fsp3) is 1.00. The number of hydroxylamine groups is 1. The molecule has 0 aromatic heterocycles. The molecule has 0 unspecified atom stereocenters. The van der Waals surface area contributed by atoms with Crippen LogP contribution >= 0.6 is 0 Å². The van der Waals surface area contributed by atoms with Gasteiger partial charge in [0.05, 0.1) is 32.5 Å². The smallest absolute Gasteiger partial charge is 0.162 e. The van der Waals surface area contributed by atoms with E-state index in [-0.39, 0.29) is 6.04 Å². The van der Waals surface area contributed by atoms with Gasteiger partial charge in [-0.2, -0.15) is 5.48 Å². The average molecular weight is 205 g/mol. The maximum absolute atomic E-state index is 5.44. The Morgan fingerprint density at radius 3 is 2.50 bits per heavy atom. The number of hydrogen-bond acceptors (Lipinski definition) is 5. The number of methoxy groups -OCH3 is 1. The Kier molecular flexibility index (Phi) is 4.77. The molecule has 0 saturated carbocycles. The predicted molar refractivity (Wildman–Crippen MR) is 50.7 cm³/mol. The third-order valence-electron chi connectivity index (χ3n) is 1.90. The first kappa shape index (κ1) is 11.9. The highest BCUT2D eigenvalue weighted by molar-refractivity contribution is 4.69. The second-order valence-corrected chi connectivity index (χ2v) is 3.68. The van der Waals surface area contributed by atoms with Crippen molar-refractivity contribution in [1.29, 1.82) is 0 Å². The van der Waals surface area contributed by atoms with Gasteiger partial charge in [-0.1, -0.05) is 0 Å². The van der Waals surface area contributed by atoms with Crippen LogP contribution < -0.4 is 5.48 Å². The lowest BCUT2D eigenvalue weighted by Gasteiger charge is -2.34. The molecule has 0 aromatic carbocycles. The van der Waals surface area contributed by atoms with E-state index in [0.717, 1.165) is 0 Å². The molecule has 1 rings (SSSR count). The molecule has 1 N–H and O–H groups in total. The summed E-state index contributed by atoms with van der Waals surface area (Å²) in [7, 11) is 1.64. The van der Waals surface area contributed by atoms with Gasteiger partial charge >= 0.3 is 0 Å². The van der Waals surface area contributed by atoms with Gasteiger partial charge in [-0.3, -0.25) is 4.84 Å². The molecule has 5 nitrogen and oxygen atoms in total. The summed E-state index contributed by atoms with van der Waals surface area (Å²) in [6.07, 6.45) is 0. The zero-order chi connectivity index (χ0) is 10.4. The lowest BCUT2D eigenvalue weighted by atomic mass is 10.3. The molecule has 14 heavy (non-hydrogen) atoms. The lowest BCUT2D eigenvalue weighted by molar-refractivity contribution is -0.262. The molecule has 0 radical (unpaired) electrons. The van der Waals surface area contributed by atoms with E-state index in [1.54, 1.807) is 7.11 Å². The standard InChI is InChI=1S/C9H19NO4/c1-9(2)12-6-8(7-13-9)10-14-5-4-11-3/h8,10H,4-7H2,1-3H3. The maximum atomic E-state index is 5.44. The zero-order valence-corrected chi connectivity index (χ0v) is 9.04. The van der Waals surface area contributed by atoms with Gasteiger partial charge in [0.25, 0.3) is 0 Å². The largest absolute Gasteiger partial charge is 0.382 e. The van der Waals surface area contributed by atoms with Crippen molar-refractivity contribution in [3.63, 3.8) is 0 Å². The van der Waals surface area contributed by atoms with Crippen molar-refractivity contribution in [1.82, 2.24) is 5.48 Å². The van der Waals surface area contributed by atoms with Crippen LogP contribution in [0.1, 0.15) is 13.8 Å². The van der Waals surface area contributed by atoms with E-state index in [0.29, 0.717) is 26.4 Å². The maximum Gasteiger partial charge on any atom is 0.162 e. The second-order valence-electron chi connectivity index (χ2n) is 3.68. The highest BCUT2D eigenvalue weighted by Gasteiger charge is 2.28. The average Bonchev–Trinajstić information content (AvgIpc) is 2.15. The normalized spacial score (nSPS) is 22.5. The molecule has 0 aliphatic carbocycles. The third kappa shape index (κ3) is 4.34. The SMILES string of the molecule is COCCONC1COC(C)(C)OC1. The minimum absolute atomic E-state index is 0.0971. The zero-order valence-electron chi connectivity index (χ0n) is 9.04. The molecule has 1 fully saturated rings. The van der Waals surface area contributed by atoms with Crippen LogP contribution in [0, 0.1) is 0 Å². The van der Waals surface area contributed by atoms with Gasteiger partial charge < -0.3 is 14.2 Å². The molecule has 84 valence electrons. The van der Waals surface area contributed by atoms with E-state index in [1.165, 1.54) is 0 Å². The van der Waals surface area contributed by atoms with Gasteiger partial charge in [-0.25, -0.2) is 0 Å². The van der Waals surface area contributed by atoms with Gasteiger partial charge in [-0.05, 0) is 13.8 Å². The summed E-state index contributed by atoms with van der Waals surface area (Å²) in [5.41, 5.74) is 2.86. The monoisotopic (exact) mass is 205 g/mol. The van der Waals surface area contributed by atoms with Crippen LogP contribution in [-0.2, 0) is 19.0 Å². The molecule has 1 aliphatic rings. The summed E-state index contributed by atoms with van der Waals surface area (Å²) in [6, 6.07) is 0.0971. The Balaban J connectivity index is 2.04. The fourth-order valence-corrected chi connectivity index (χ4v) is 1.06. The molecular weight excluding hydrogens is 186 g/mol. The molecule has 1 aliphatic heterocycles. The Morgan fingerprint density at radius 1 is 1.29 bits per heavy atom. The molecule has 0 atom stereocenters. The molecular formula is C9H19NO4. The first-order chi connectivity index (χ1) is 6.64. The fourth-order valence-electron chi connectivity index (χ4n) is 1.06. The quantitative estimate of drug-likeness (QED) is 0.517. The van der Waals surface area contributed by atoms with Crippen molar-refractivity contribution in [2.24, 2.45) is 0 Å². The van der Waals surface area contributed by atoms with Gasteiger partial charge in [0.1, 0.15) is 0 Å². The van der Waals surface area contributed by atoms with E-state index in [9.17, 15) is 0 Å². The molecule has 0 spiro atoms. The van der Waals surface area contributed by atoms with E-state index in [4.69, 9.17) is 19.0 Å². The van der Waals surface area contributed by atoms with Crippen LogP contribution in [0.15, 0.2) is 0 Å².